The first-order chi connectivity index (χ1) is 7.86. The zero-order chi connectivity index (χ0) is 11.2. The summed E-state index contributed by atoms with van der Waals surface area (Å²) in [6.07, 6.45) is 4.37. The van der Waals surface area contributed by atoms with Gasteiger partial charge >= 0.3 is 0 Å². The Morgan fingerprint density at radius 2 is 2.50 bits per heavy atom. The van der Waals surface area contributed by atoms with E-state index in [0.717, 1.165) is 18.7 Å². The minimum Gasteiger partial charge on any atom is -0.364 e. The van der Waals surface area contributed by atoms with Crippen LogP contribution in [-0.4, -0.2) is 32.8 Å². The number of amides is 1. The van der Waals surface area contributed by atoms with Crippen LogP contribution in [0.5, 0.6) is 0 Å². The van der Waals surface area contributed by atoms with Crippen LogP contribution in [0.1, 0.15) is 22.7 Å². The highest BCUT2D eigenvalue weighted by Gasteiger charge is 2.07. The van der Waals surface area contributed by atoms with Crippen LogP contribution in [0.15, 0.2) is 23.2 Å². The van der Waals surface area contributed by atoms with Crippen LogP contribution >= 0.6 is 0 Å². The number of aromatic nitrogens is 4. The minimum atomic E-state index is -0.230. The van der Waals surface area contributed by atoms with Gasteiger partial charge in [0.2, 0.25) is 0 Å². The zero-order valence-electron chi connectivity index (χ0n) is 8.51. The lowest BCUT2D eigenvalue weighted by atomic mass is 10.3. The van der Waals surface area contributed by atoms with Gasteiger partial charge < -0.3 is 9.84 Å². The van der Waals surface area contributed by atoms with Gasteiger partial charge in [0.15, 0.2) is 5.69 Å². The Morgan fingerprint density at radius 1 is 1.56 bits per heavy atom. The maximum atomic E-state index is 11.4. The number of H-pyrrole nitrogens is 1. The van der Waals surface area contributed by atoms with E-state index in [-0.39, 0.29) is 5.91 Å². The number of nitrogens with one attached hydrogen (secondary N) is 2. The molecular formula is C9H11N5O2. The van der Waals surface area contributed by atoms with Gasteiger partial charge in [-0.2, -0.15) is 5.10 Å². The predicted molar refractivity (Wildman–Crippen MR) is 53.5 cm³/mol. The zero-order valence-corrected chi connectivity index (χ0v) is 8.51. The fourth-order valence-electron chi connectivity index (χ4n) is 1.23. The molecule has 2 N–H and O–H groups in total. The Kier molecular flexibility index (Phi) is 3.27. The molecule has 7 heteroatoms. The number of aromatic amines is 1. The molecular weight excluding hydrogens is 210 g/mol. The van der Waals surface area contributed by atoms with Crippen molar-refractivity contribution in [2.75, 3.05) is 6.54 Å². The minimum absolute atomic E-state index is 0.230. The first kappa shape index (κ1) is 10.3. The SMILES string of the molecule is O=C(NCCCc1ncn[nH]1)c1ccon1. The second-order valence-corrected chi connectivity index (χ2v) is 3.18. The third-order valence-electron chi connectivity index (χ3n) is 2.01. The maximum Gasteiger partial charge on any atom is 0.273 e. The number of aryl methyl sites for hydroxylation is 1. The van der Waals surface area contributed by atoms with Gasteiger partial charge in [-0.05, 0) is 6.42 Å². The molecule has 0 saturated carbocycles. The summed E-state index contributed by atoms with van der Waals surface area (Å²) in [5.41, 5.74) is 0.291. The molecule has 0 aliphatic rings. The van der Waals surface area contributed by atoms with Crippen LogP contribution in [0, 0.1) is 0 Å². The van der Waals surface area contributed by atoms with E-state index < -0.39 is 0 Å². The van der Waals surface area contributed by atoms with Gasteiger partial charge in [0.25, 0.3) is 5.91 Å². The van der Waals surface area contributed by atoms with Crippen LogP contribution in [0.25, 0.3) is 0 Å². The summed E-state index contributed by atoms with van der Waals surface area (Å²) in [6, 6.07) is 1.52. The summed E-state index contributed by atoms with van der Waals surface area (Å²) in [5.74, 6) is 0.585. The molecule has 2 aromatic rings. The molecule has 0 bridgehead atoms. The van der Waals surface area contributed by atoms with Crippen molar-refractivity contribution in [1.82, 2.24) is 25.7 Å². The molecule has 0 aliphatic heterocycles. The number of hydrogen-bond donors (Lipinski definition) is 2. The lowest BCUT2D eigenvalue weighted by Crippen LogP contribution is -2.25. The summed E-state index contributed by atoms with van der Waals surface area (Å²) in [6.45, 7) is 0.562. The van der Waals surface area contributed by atoms with Crippen LogP contribution in [0.4, 0.5) is 0 Å². The molecule has 0 radical (unpaired) electrons. The molecule has 0 atom stereocenters. The number of carbonyl (C=O) groups is 1. The second kappa shape index (κ2) is 5.06. The quantitative estimate of drug-likeness (QED) is 0.701. The maximum absolute atomic E-state index is 11.4. The molecule has 0 unspecified atom stereocenters. The highest BCUT2D eigenvalue weighted by Crippen LogP contribution is 1.95. The van der Waals surface area contributed by atoms with E-state index in [1.807, 2.05) is 0 Å². The van der Waals surface area contributed by atoms with Crippen molar-refractivity contribution < 1.29 is 9.32 Å². The van der Waals surface area contributed by atoms with Crippen LogP contribution in [0.2, 0.25) is 0 Å². The molecule has 0 spiro atoms. The molecule has 1 amide bonds. The summed E-state index contributed by atoms with van der Waals surface area (Å²) in [5, 5.41) is 12.7. The lowest BCUT2D eigenvalue weighted by molar-refractivity contribution is 0.0944. The Labute approximate surface area is 91.2 Å². The molecule has 0 fully saturated rings. The molecule has 7 nitrogen and oxygen atoms in total. The first-order valence-electron chi connectivity index (χ1n) is 4.89. The highest BCUT2D eigenvalue weighted by molar-refractivity contribution is 5.91. The molecule has 2 heterocycles. The fourth-order valence-corrected chi connectivity index (χ4v) is 1.23. The van der Waals surface area contributed by atoms with Gasteiger partial charge in [0.05, 0.1) is 0 Å². The van der Waals surface area contributed by atoms with Crippen molar-refractivity contribution in [3.05, 3.63) is 30.2 Å². The summed E-state index contributed by atoms with van der Waals surface area (Å²) in [7, 11) is 0. The van der Waals surface area contributed by atoms with E-state index in [2.05, 4.69) is 30.2 Å². The van der Waals surface area contributed by atoms with E-state index in [4.69, 9.17) is 0 Å². The molecule has 0 saturated heterocycles. The van der Waals surface area contributed by atoms with Gasteiger partial charge in [-0.15, -0.1) is 0 Å². The summed E-state index contributed by atoms with van der Waals surface area (Å²) < 4.78 is 4.57. The lowest BCUT2D eigenvalue weighted by Gasteiger charge is -2.00. The van der Waals surface area contributed by atoms with Crippen molar-refractivity contribution in [3.63, 3.8) is 0 Å². The molecule has 0 aliphatic carbocycles. The molecule has 16 heavy (non-hydrogen) atoms. The van der Waals surface area contributed by atoms with Crippen molar-refractivity contribution in [3.8, 4) is 0 Å². The third-order valence-corrected chi connectivity index (χ3v) is 2.01. The average Bonchev–Trinajstić information content (AvgIpc) is 2.96. The second-order valence-electron chi connectivity index (χ2n) is 3.18. The van der Waals surface area contributed by atoms with Gasteiger partial charge in [-0.25, -0.2) is 4.98 Å². The number of rotatable bonds is 5. The number of carbonyl (C=O) groups excluding carboxylic acids is 1. The van der Waals surface area contributed by atoms with Crippen molar-refractivity contribution in [2.45, 2.75) is 12.8 Å². The molecule has 2 aromatic heterocycles. The summed E-state index contributed by atoms with van der Waals surface area (Å²) in [4.78, 5) is 15.4. The number of nitrogens with zero attached hydrogens (tertiary/aromatic N) is 3. The van der Waals surface area contributed by atoms with Crippen molar-refractivity contribution >= 4 is 5.91 Å². The third kappa shape index (κ3) is 2.66. The van der Waals surface area contributed by atoms with E-state index >= 15 is 0 Å². The Bertz CT molecular complexity index is 423. The predicted octanol–water partition coefficient (Wildman–Crippen LogP) is 0.155. The Balaban J connectivity index is 1.67. The summed E-state index contributed by atoms with van der Waals surface area (Å²) >= 11 is 0. The standard InChI is InChI=1S/C9H11N5O2/c15-9(7-3-5-16-14-7)10-4-1-2-8-11-6-12-13-8/h3,5-6H,1-2,4H2,(H,10,15)(H,11,12,13). The van der Waals surface area contributed by atoms with Crippen molar-refractivity contribution in [2.24, 2.45) is 0 Å². The van der Waals surface area contributed by atoms with E-state index in [9.17, 15) is 4.79 Å². The largest absolute Gasteiger partial charge is 0.364 e. The smallest absolute Gasteiger partial charge is 0.273 e. The molecule has 0 aromatic carbocycles. The highest BCUT2D eigenvalue weighted by atomic mass is 16.5. The van der Waals surface area contributed by atoms with Gasteiger partial charge in [0, 0.05) is 19.0 Å². The topological polar surface area (TPSA) is 96.7 Å². The Hall–Kier alpha value is -2.18. The fraction of sp³-hybridized carbons (Fsp3) is 0.333. The molecule has 2 rings (SSSR count). The van der Waals surface area contributed by atoms with E-state index in [1.165, 1.54) is 18.7 Å². The average molecular weight is 221 g/mol. The van der Waals surface area contributed by atoms with Crippen molar-refractivity contribution in [1.29, 1.82) is 0 Å². The first-order valence-corrected chi connectivity index (χ1v) is 4.89. The molecule has 84 valence electrons. The van der Waals surface area contributed by atoms with Crippen LogP contribution in [-0.2, 0) is 6.42 Å². The van der Waals surface area contributed by atoms with E-state index in [1.54, 1.807) is 0 Å². The van der Waals surface area contributed by atoms with Gasteiger partial charge in [-0.3, -0.25) is 9.89 Å². The van der Waals surface area contributed by atoms with Crippen LogP contribution in [0.3, 0.4) is 0 Å². The van der Waals surface area contributed by atoms with Crippen LogP contribution < -0.4 is 5.32 Å². The van der Waals surface area contributed by atoms with E-state index in [0.29, 0.717) is 12.2 Å². The Morgan fingerprint density at radius 3 is 3.19 bits per heavy atom. The van der Waals surface area contributed by atoms with Gasteiger partial charge in [-0.1, -0.05) is 5.16 Å². The number of hydrogen-bond acceptors (Lipinski definition) is 5. The normalized spacial score (nSPS) is 10.2. The van der Waals surface area contributed by atoms with Gasteiger partial charge in [0.1, 0.15) is 18.4 Å². The monoisotopic (exact) mass is 221 g/mol.